The van der Waals surface area contributed by atoms with E-state index in [0.29, 0.717) is 19.0 Å². The van der Waals surface area contributed by atoms with Gasteiger partial charge in [0.15, 0.2) is 0 Å². The van der Waals surface area contributed by atoms with Crippen molar-refractivity contribution in [3.8, 4) is 0 Å². The molecule has 0 saturated heterocycles. The smallest absolute Gasteiger partial charge is 0.312 e. The zero-order valence-corrected chi connectivity index (χ0v) is 11.7. The molecule has 0 heterocycles. The standard InChI is InChI=1S/C15H24N2O2/c1-4-10-17(11-5-2)15(19)14(18)16-13-9-7-6-8-12(13)3/h4-5,12-13H,1-2,6-11H2,3H3,(H,16,18). The molecule has 2 atom stereocenters. The lowest BCUT2D eigenvalue weighted by Gasteiger charge is -2.30. The van der Waals surface area contributed by atoms with E-state index in [4.69, 9.17) is 0 Å². The van der Waals surface area contributed by atoms with Gasteiger partial charge in [-0.1, -0.05) is 31.9 Å². The number of nitrogens with zero attached hydrogens (tertiary/aromatic N) is 1. The molecule has 106 valence electrons. The Kier molecular flexibility index (Phi) is 6.33. The lowest BCUT2D eigenvalue weighted by molar-refractivity contribution is -0.145. The number of hydrogen-bond donors (Lipinski definition) is 1. The monoisotopic (exact) mass is 264 g/mol. The third-order valence-corrected chi connectivity index (χ3v) is 3.61. The molecular formula is C15H24N2O2. The van der Waals surface area contributed by atoms with E-state index < -0.39 is 11.8 Å². The average molecular weight is 264 g/mol. The van der Waals surface area contributed by atoms with Gasteiger partial charge in [0.05, 0.1) is 0 Å². The quantitative estimate of drug-likeness (QED) is 0.609. The summed E-state index contributed by atoms with van der Waals surface area (Å²) in [7, 11) is 0. The maximum absolute atomic E-state index is 12.0. The molecule has 0 aliphatic heterocycles. The van der Waals surface area contributed by atoms with Crippen LogP contribution in [0.5, 0.6) is 0 Å². The molecule has 1 fully saturated rings. The van der Waals surface area contributed by atoms with E-state index in [-0.39, 0.29) is 6.04 Å². The number of carbonyl (C=O) groups is 2. The fourth-order valence-corrected chi connectivity index (χ4v) is 2.46. The van der Waals surface area contributed by atoms with Crippen molar-refractivity contribution in [1.29, 1.82) is 0 Å². The number of hydrogen-bond acceptors (Lipinski definition) is 2. The molecule has 19 heavy (non-hydrogen) atoms. The maximum Gasteiger partial charge on any atom is 0.312 e. The van der Waals surface area contributed by atoms with Crippen molar-refractivity contribution in [3.63, 3.8) is 0 Å². The predicted molar refractivity (Wildman–Crippen MR) is 76.5 cm³/mol. The van der Waals surface area contributed by atoms with E-state index in [9.17, 15) is 9.59 Å². The van der Waals surface area contributed by atoms with Gasteiger partial charge in [-0.15, -0.1) is 13.2 Å². The van der Waals surface area contributed by atoms with Crippen LogP contribution in [-0.2, 0) is 9.59 Å². The average Bonchev–Trinajstić information content (AvgIpc) is 2.40. The van der Waals surface area contributed by atoms with Crippen LogP contribution < -0.4 is 5.32 Å². The fourth-order valence-electron chi connectivity index (χ4n) is 2.46. The molecule has 0 aromatic rings. The summed E-state index contributed by atoms with van der Waals surface area (Å²) in [6, 6.07) is 0.125. The van der Waals surface area contributed by atoms with Crippen molar-refractivity contribution in [3.05, 3.63) is 25.3 Å². The highest BCUT2D eigenvalue weighted by molar-refractivity contribution is 6.35. The zero-order valence-electron chi connectivity index (χ0n) is 11.7. The minimum atomic E-state index is -0.512. The van der Waals surface area contributed by atoms with E-state index in [1.165, 1.54) is 11.3 Å². The SMILES string of the molecule is C=CCN(CC=C)C(=O)C(=O)NC1CCCCC1C. The van der Waals surface area contributed by atoms with Crippen LogP contribution in [0.2, 0.25) is 0 Å². The molecular weight excluding hydrogens is 240 g/mol. The first kappa shape index (κ1) is 15.5. The van der Waals surface area contributed by atoms with Gasteiger partial charge in [0, 0.05) is 19.1 Å². The van der Waals surface area contributed by atoms with Gasteiger partial charge >= 0.3 is 11.8 Å². The van der Waals surface area contributed by atoms with Crippen molar-refractivity contribution in [2.75, 3.05) is 13.1 Å². The Morgan fingerprint density at radius 3 is 2.32 bits per heavy atom. The highest BCUT2D eigenvalue weighted by atomic mass is 16.2. The van der Waals surface area contributed by atoms with Gasteiger partial charge < -0.3 is 10.2 Å². The summed E-state index contributed by atoms with van der Waals surface area (Å²) < 4.78 is 0. The topological polar surface area (TPSA) is 49.4 Å². The van der Waals surface area contributed by atoms with Crippen LogP contribution in [-0.4, -0.2) is 35.8 Å². The summed E-state index contributed by atoms with van der Waals surface area (Å²) in [5.74, 6) is -0.571. The van der Waals surface area contributed by atoms with Crippen molar-refractivity contribution in [2.45, 2.75) is 38.6 Å². The Hall–Kier alpha value is -1.58. The Bertz CT molecular complexity index is 342. The molecule has 2 amide bonds. The van der Waals surface area contributed by atoms with Crippen molar-refractivity contribution in [1.82, 2.24) is 10.2 Å². The Labute approximate surface area is 115 Å². The van der Waals surface area contributed by atoms with Crippen LogP contribution in [0.1, 0.15) is 32.6 Å². The first-order valence-electron chi connectivity index (χ1n) is 6.91. The molecule has 1 aliphatic rings. The number of carbonyl (C=O) groups excluding carboxylic acids is 2. The summed E-state index contributed by atoms with van der Waals surface area (Å²) in [4.78, 5) is 25.4. The maximum atomic E-state index is 12.0. The molecule has 0 bridgehead atoms. The lowest BCUT2D eigenvalue weighted by Crippen LogP contribution is -2.49. The van der Waals surface area contributed by atoms with Gasteiger partial charge in [0.25, 0.3) is 0 Å². The van der Waals surface area contributed by atoms with E-state index in [0.717, 1.165) is 19.3 Å². The lowest BCUT2D eigenvalue weighted by atomic mass is 9.86. The summed E-state index contributed by atoms with van der Waals surface area (Å²) in [5, 5.41) is 2.87. The van der Waals surface area contributed by atoms with Crippen LogP contribution in [0.3, 0.4) is 0 Å². The second-order valence-electron chi connectivity index (χ2n) is 5.13. The van der Waals surface area contributed by atoms with Crippen molar-refractivity contribution in [2.24, 2.45) is 5.92 Å². The molecule has 0 radical (unpaired) electrons. The highest BCUT2D eigenvalue weighted by Gasteiger charge is 2.27. The second kappa shape index (κ2) is 7.77. The number of rotatable bonds is 5. The minimum Gasteiger partial charge on any atom is -0.345 e. The number of nitrogens with one attached hydrogen (secondary N) is 1. The fraction of sp³-hybridized carbons (Fsp3) is 0.600. The normalized spacial score (nSPS) is 22.4. The van der Waals surface area contributed by atoms with Crippen molar-refractivity contribution < 1.29 is 9.59 Å². The van der Waals surface area contributed by atoms with Gasteiger partial charge in [-0.05, 0) is 18.8 Å². The minimum absolute atomic E-state index is 0.125. The molecule has 4 heteroatoms. The van der Waals surface area contributed by atoms with Gasteiger partial charge in [0.1, 0.15) is 0 Å². The third-order valence-electron chi connectivity index (χ3n) is 3.61. The van der Waals surface area contributed by atoms with Gasteiger partial charge in [-0.3, -0.25) is 9.59 Å². The molecule has 1 aliphatic carbocycles. The summed E-state index contributed by atoms with van der Waals surface area (Å²) in [6.45, 7) is 10.0. The van der Waals surface area contributed by atoms with Gasteiger partial charge in [-0.25, -0.2) is 0 Å². The van der Waals surface area contributed by atoms with E-state index >= 15 is 0 Å². The molecule has 0 aromatic heterocycles. The van der Waals surface area contributed by atoms with Crippen LogP contribution in [0, 0.1) is 5.92 Å². The van der Waals surface area contributed by atoms with Gasteiger partial charge in [0.2, 0.25) is 0 Å². The largest absolute Gasteiger partial charge is 0.345 e. The molecule has 1 saturated carbocycles. The van der Waals surface area contributed by atoms with E-state index in [1.54, 1.807) is 12.2 Å². The predicted octanol–water partition coefficient (Wildman–Crippen LogP) is 1.88. The third kappa shape index (κ3) is 4.54. The summed E-state index contributed by atoms with van der Waals surface area (Å²) >= 11 is 0. The molecule has 2 unspecified atom stereocenters. The van der Waals surface area contributed by atoms with Gasteiger partial charge in [-0.2, -0.15) is 0 Å². The first-order valence-corrected chi connectivity index (χ1v) is 6.91. The van der Waals surface area contributed by atoms with Crippen LogP contribution in [0.15, 0.2) is 25.3 Å². The van der Waals surface area contributed by atoms with Crippen LogP contribution >= 0.6 is 0 Å². The molecule has 0 aromatic carbocycles. The summed E-state index contributed by atoms with van der Waals surface area (Å²) in [6.07, 6.45) is 7.62. The second-order valence-corrected chi connectivity index (χ2v) is 5.13. The Morgan fingerprint density at radius 2 is 1.79 bits per heavy atom. The molecule has 0 spiro atoms. The first-order chi connectivity index (χ1) is 9.10. The van der Waals surface area contributed by atoms with E-state index in [2.05, 4.69) is 25.4 Å². The number of amides is 2. The summed E-state index contributed by atoms with van der Waals surface area (Å²) in [5.41, 5.74) is 0. The zero-order chi connectivity index (χ0) is 14.3. The highest BCUT2D eigenvalue weighted by Crippen LogP contribution is 2.23. The van der Waals surface area contributed by atoms with Crippen molar-refractivity contribution >= 4 is 11.8 Å². The Morgan fingerprint density at radius 1 is 1.21 bits per heavy atom. The molecule has 1 rings (SSSR count). The molecule has 1 N–H and O–H groups in total. The van der Waals surface area contributed by atoms with E-state index in [1.807, 2.05) is 0 Å². The Balaban J connectivity index is 2.56. The van der Waals surface area contributed by atoms with Crippen LogP contribution in [0.4, 0.5) is 0 Å². The van der Waals surface area contributed by atoms with Crippen LogP contribution in [0.25, 0.3) is 0 Å². The molecule has 4 nitrogen and oxygen atoms in total.